The Kier molecular flexibility index (Phi) is 4.26. The third-order valence-electron chi connectivity index (χ3n) is 4.77. The number of nitrogens with zero attached hydrogens (tertiary/aromatic N) is 3. The zero-order valence-corrected chi connectivity index (χ0v) is 14.3. The Morgan fingerprint density at radius 3 is 2.73 bits per heavy atom. The lowest BCUT2D eigenvalue weighted by Gasteiger charge is -2.45. The Morgan fingerprint density at radius 2 is 2.09 bits per heavy atom. The summed E-state index contributed by atoms with van der Waals surface area (Å²) in [6.45, 7) is 3.36. The molecule has 3 rings (SSSR count). The van der Waals surface area contributed by atoms with Crippen LogP contribution in [0.15, 0.2) is 10.9 Å². The maximum atomic E-state index is 12.7. The molecule has 22 heavy (non-hydrogen) atoms. The number of piperidine rings is 1. The quantitative estimate of drug-likeness (QED) is 0.835. The topological polar surface area (TPSA) is 70.6 Å². The molecule has 1 spiro atoms. The molecule has 0 radical (unpaired) electrons. The van der Waals surface area contributed by atoms with Crippen LogP contribution in [-0.4, -0.2) is 59.4 Å². The van der Waals surface area contributed by atoms with Crippen LogP contribution < -0.4 is 0 Å². The van der Waals surface area contributed by atoms with Crippen LogP contribution in [0.25, 0.3) is 0 Å². The molecule has 2 aliphatic heterocycles. The summed E-state index contributed by atoms with van der Waals surface area (Å²) in [5, 5.41) is 1.76. The molecule has 1 amide bonds. The van der Waals surface area contributed by atoms with Crippen molar-refractivity contribution in [3.8, 4) is 0 Å². The van der Waals surface area contributed by atoms with E-state index in [2.05, 4.69) is 4.98 Å². The van der Waals surface area contributed by atoms with Crippen LogP contribution >= 0.6 is 11.3 Å². The fourth-order valence-corrected chi connectivity index (χ4v) is 5.36. The predicted molar refractivity (Wildman–Crippen MR) is 85.4 cm³/mol. The number of hydrogen-bond donors (Lipinski definition) is 0. The number of rotatable bonds is 3. The van der Waals surface area contributed by atoms with E-state index >= 15 is 0 Å². The molecule has 0 aromatic carbocycles. The Balaban J connectivity index is 1.86. The smallest absolute Gasteiger partial charge is 0.273 e. The highest BCUT2D eigenvalue weighted by atomic mass is 32.2. The molecule has 122 valence electrons. The van der Waals surface area contributed by atoms with Crippen molar-refractivity contribution in [2.75, 3.05) is 25.4 Å². The maximum absolute atomic E-state index is 12.7. The number of carbonyl (C=O) groups is 1. The van der Waals surface area contributed by atoms with Gasteiger partial charge in [0.25, 0.3) is 5.91 Å². The molecular formula is C14H21N3O3S2. The largest absolute Gasteiger partial charge is 0.330 e. The van der Waals surface area contributed by atoms with Gasteiger partial charge in [-0.25, -0.2) is 13.4 Å². The van der Waals surface area contributed by atoms with Gasteiger partial charge in [-0.05, 0) is 32.6 Å². The summed E-state index contributed by atoms with van der Waals surface area (Å²) in [6, 6.07) is 0. The molecule has 3 heterocycles. The summed E-state index contributed by atoms with van der Waals surface area (Å²) >= 11 is 1.41. The monoisotopic (exact) mass is 343 g/mol. The second-order valence-corrected chi connectivity index (χ2v) is 8.97. The average molecular weight is 343 g/mol. The van der Waals surface area contributed by atoms with Crippen molar-refractivity contribution < 1.29 is 13.2 Å². The number of sulfonamides is 1. The van der Waals surface area contributed by atoms with E-state index < -0.39 is 10.0 Å². The second kappa shape index (κ2) is 5.90. The molecule has 0 saturated carbocycles. The first-order chi connectivity index (χ1) is 10.5. The van der Waals surface area contributed by atoms with Crippen molar-refractivity contribution in [1.82, 2.24) is 14.2 Å². The minimum Gasteiger partial charge on any atom is -0.330 e. The molecule has 2 saturated heterocycles. The van der Waals surface area contributed by atoms with E-state index in [0.29, 0.717) is 25.3 Å². The fourth-order valence-electron chi connectivity index (χ4n) is 3.63. The molecular weight excluding hydrogens is 322 g/mol. The molecule has 2 fully saturated rings. The minimum atomic E-state index is -3.21. The molecule has 8 heteroatoms. The van der Waals surface area contributed by atoms with E-state index in [9.17, 15) is 13.2 Å². The molecule has 0 aliphatic carbocycles. The van der Waals surface area contributed by atoms with E-state index in [4.69, 9.17) is 0 Å². The highest BCUT2D eigenvalue weighted by Gasteiger charge is 2.48. The van der Waals surface area contributed by atoms with Gasteiger partial charge in [-0.1, -0.05) is 0 Å². The molecule has 2 aliphatic rings. The summed E-state index contributed by atoms with van der Waals surface area (Å²) in [4.78, 5) is 18.7. The van der Waals surface area contributed by atoms with Crippen LogP contribution in [0.1, 0.15) is 43.1 Å². The van der Waals surface area contributed by atoms with Crippen molar-refractivity contribution in [2.24, 2.45) is 0 Å². The Morgan fingerprint density at radius 1 is 1.36 bits per heavy atom. The average Bonchev–Trinajstić information content (AvgIpc) is 3.17. The first kappa shape index (κ1) is 15.9. The van der Waals surface area contributed by atoms with Crippen LogP contribution in [0.2, 0.25) is 0 Å². The van der Waals surface area contributed by atoms with Crippen LogP contribution in [0.4, 0.5) is 0 Å². The Bertz CT molecular complexity index is 644. The zero-order chi connectivity index (χ0) is 15.8. The van der Waals surface area contributed by atoms with Gasteiger partial charge in [0.2, 0.25) is 10.0 Å². The van der Waals surface area contributed by atoms with Crippen LogP contribution in [0.3, 0.4) is 0 Å². The summed E-state index contributed by atoms with van der Waals surface area (Å²) in [5.74, 6) is 0.0535. The summed E-state index contributed by atoms with van der Waals surface area (Å²) in [6.07, 6.45) is 3.48. The third kappa shape index (κ3) is 2.68. The van der Waals surface area contributed by atoms with E-state index in [-0.39, 0.29) is 17.2 Å². The lowest BCUT2D eigenvalue weighted by Crippen LogP contribution is -2.58. The highest BCUT2D eigenvalue weighted by molar-refractivity contribution is 7.89. The third-order valence-corrected chi connectivity index (χ3v) is 7.19. The van der Waals surface area contributed by atoms with Gasteiger partial charge in [0.1, 0.15) is 5.69 Å². The zero-order valence-electron chi connectivity index (χ0n) is 12.7. The standard InChI is InChI=1S/C14H21N3O3S2/c1-2-22(19,20)16-7-3-5-14(10-16)6-4-8-17(14)13(18)12-9-21-11-15-12/h9,11H,2-8,10H2,1H3/t14-/m1/s1. The Hall–Kier alpha value is -0.990. The van der Waals surface area contributed by atoms with Crippen molar-refractivity contribution in [3.63, 3.8) is 0 Å². The van der Waals surface area contributed by atoms with E-state index in [0.717, 1.165) is 25.7 Å². The summed E-state index contributed by atoms with van der Waals surface area (Å²) in [5.41, 5.74) is 1.79. The van der Waals surface area contributed by atoms with Gasteiger partial charge in [0, 0.05) is 25.0 Å². The molecule has 1 atom stereocenters. The van der Waals surface area contributed by atoms with E-state index in [1.165, 1.54) is 11.3 Å². The van der Waals surface area contributed by atoms with Crippen LogP contribution in [0, 0.1) is 0 Å². The van der Waals surface area contributed by atoms with Gasteiger partial charge in [-0.15, -0.1) is 11.3 Å². The lowest BCUT2D eigenvalue weighted by molar-refractivity contribution is 0.0443. The molecule has 0 unspecified atom stereocenters. The van der Waals surface area contributed by atoms with Gasteiger partial charge in [-0.3, -0.25) is 4.79 Å². The van der Waals surface area contributed by atoms with Gasteiger partial charge >= 0.3 is 0 Å². The normalized spacial score (nSPS) is 26.7. The van der Waals surface area contributed by atoms with E-state index in [1.54, 1.807) is 22.1 Å². The first-order valence-corrected chi connectivity index (χ1v) is 10.2. The first-order valence-electron chi connectivity index (χ1n) is 7.66. The van der Waals surface area contributed by atoms with Crippen molar-refractivity contribution in [3.05, 3.63) is 16.6 Å². The number of likely N-dealkylation sites (tertiary alicyclic amines) is 1. The lowest BCUT2D eigenvalue weighted by atomic mass is 9.87. The maximum Gasteiger partial charge on any atom is 0.273 e. The van der Waals surface area contributed by atoms with Crippen molar-refractivity contribution in [2.45, 2.75) is 38.1 Å². The van der Waals surface area contributed by atoms with Gasteiger partial charge in [0.15, 0.2) is 0 Å². The van der Waals surface area contributed by atoms with Gasteiger partial charge in [0.05, 0.1) is 16.8 Å². The number of aromatic nitrogens is 1. The number of thiazole rings is 1. The number of amides is 1. The van der Waals surface area contributed by atoms with E-state index in [1.807, 2.05) is 4.90 Å². The molecule has 0 N–H and O–H groups in total. The van der Waals surface area contributed by atoms with Gasteiger partial charge in [-0.2, -0.15) is 4.31 Å². The van der Waals surface area contributed by atoms with Crippen LogP contribution in [0.5, 0.6) is 0 Å². The molecule has 0 bridgehead atoms. The molecule has 1 aromatic rings. The fraction of sp³-hybridized carbons (Fsp3) is 0.714. The molecule has 1 aromatic heterocycles. The van der Waals surface area contributed by atoms with Crippen LogP contribution in [-0.2, 0) is 10.0 Å². The van der Waals surface area contributed by atoms with Crippen molar-refractivity contribution in [1.29, 1.82) is 0 Å². The predicted octanol–water partition coefficient (Wildman–Crippen LogP) is 1.56. The number of hydrogen-bond acceptors (Lipinski definition) is 5. The highest BCUT2D eigenvalue weighted by Crippen LogP contribution is 2.38. The molecule has 6 nitrogen and oxygen atoms in total. The SMILES string of the molecule is CCS(=O)(=O)N1CCC[C@@]2(CCCN2C(=O)c2cscn2)C1. The summed E-state index contributed by atoms with van der Waals surface area (Å²) < 4.78 is 26.0. The minimum absolute atomic E-state index is 0.0607. The number of carbonyl (C=O) groups excluding carboxylic acids is 1. The second-order valence-electron chi connectivity index (χ2n) is 6.00. The summed E-state index contributed by atoms with van der Waals surface area (Å²) in [7, 11) is -3.21. The Labute approximate surface area is 135 Å². The van der Waals surface area contributed by atoms with Crippen molar-refractivity contribution >= 4 is 27.3 Å². The van der Waals surface area contributed by atoms with Gasteiger partial charge < -0.3 is 4.90 Å².